The molecule has 0 saturated carbocycles. The van der Waals surface area contributed by atoms with Crippen molar-refractivity contribution in [2.24, 2.45) is 5.92 Å². The second kappa shape index (κ2) is 4.60. The first-order chi connectivity index (χ1) is 9.62. The molecule has 0 radical (unpaired) electrons. The molecule has 3 heteroatoms. The van der Waals surface area contributed by atoms with E-state index in [9.17, 15) is 9.90 Å². The van der Waals surface area contributed by atoms with Gasteiger partial charge in [0.05, 0.1) is 0 Å². The Morgan fingerprint density at radius 1 is 1.30 bits per heavy atom. The molecule has 3 rings (SSSR count). The predicted molar refractivity (Wildman–Crippen MR) is 78.3 cm³/mol. The lowest BCUT2D eigenvalue weighted by atomic mass is 9.65. The van der Waals surface area contributed by atoms with Gasteiger partial charge in [-0.2, -0.15) is 0 Å². The first-order valence-corrected chi connectivity index (χ1v) is 7.02. The number of benzene rings is 1. The molecule has 1 aliphatic heterocycles. The van der Waals surface area contributed by atoms with Crippen molar-refractivity contribution in [2.45, 2.75) is 25.0 Å². The van der Waals surface area contributed by atoms with Crippen LogP contribution in [0, 0.1) is 5.92 Å². The maximum atomic E-state index is 12.6. The van der Waals surface area contributed by atoms with E-state index in [1.165, 1.54) is 4.90 Å². The van der Waals surface area contributed by atoms with Gasteiger partial charge in [-0.15, -0.1) is 0 Å². The third-order valence-electron chi connectivity index (χ3n) is 4.70. The Hall–Kier alpha value is -1.87. The molecule has 0 aromatic heterocycles. The molecule has 3 nitrogen and oxygen atoms in total. The van der Waals surface area contributed by atoms with Gasteiger partial charge in [0.25, 0.3) is 5.91 Å². The minimum atomic E-state index is -0.809. The van der Waals surface area contributed by atoms with Crippen LogP contribution in [0.3, 0.4) is 0 Å². The quantitative estimate of drug-likeness (QED) is 0.851. The molecule has 3 atom stereocenters. The van der Waals surface area contributed by atoms with Gasteiger partial charge in [-0.05, 0) is 18.1 Å². The number of amides is 1. The zero-order valence-corrected chi connectivity index (χ0v) is 11.8. The zero-order chi connectivity index (χ0) is 14.3. The minimum absolute atomic E-state index is 0.114. The Bertz CT molecular complexity index is 605. The number of nitrogens with zero attached hydrogens (tertiary/aromatic N) is 1. The van der Waals surface area contributed by atoms with Crippen molar-refractivity contribution in [3.8, 4) is 0 Å². The van der Waals surface area contributed by atoms with Crippen LogP contribution in [0.15, 0.2) is 48.6 Å². The lowest BCUT2D eigenvalue weighted by Gasteiger charge is -2.40. The van der Waals surface area contributed by atoms with Gasteiger partial charge in [0.15, 0.2) is 0 Å². The van der Waals surface area contributed by atoms with Crippen molar-refractivity contribution >= 4 is 5.91 Å². The molecular weight excluding hydrogens is 250 g/mol. The highest BCUT2D eigenvalue weighted by Gasteiger charge is 2.47. The summed E-state index contributed by atoms with van der Waals surface area (Å²) in [6.45, 7) is 2.11. The van der Waals surface area contributed by atoms with Crippen LogP contribution in [0.4, 0.5) is 0 Å². The van der Waals surface area contributed by atoms with Gasteiger partial charge in [-0.1, -0.05) is 49.4 Å². The topological polar surface area (TPSA) is 40.5 Å². The molecule has 1 aliphatic carbocycles. The molecular formula is C17H19NO2. The fourth-order valence-electron chi connectivity index (χ4n) is 3.50. The Balaban J connectivity index is 2.31. The van der Waals surface area contributed by atoms with Crippen LogP contribution in [0.1, 0.15) is 29.3 Å². The Labute approximate surface area is 119 Å². The van der Waals surface area contributed by atoms with Crippen LogP contribution >= 0.6 is 0 Å². The van der Waals surface area contributed by atoms with E-state index < -0.39 is 6.23 Å². The summed E-state index contributed by atoms with van der Waals surface area (Å²) in [6, 6.07) is 7.71. The fraction of sp³-hybridized carbons (Fsp3) is 0.353. The SMILES string of the molecule is CCC12C=CC=CC1C(O)N(C)C(=O)c1ccccc12. The molecule has 1 aromatic carbocycles. The van der Waals surface area contributed by atoms with Gasteiger partial charge in [-0.3, -0.25) is 4.79 Å². The molecule has 0 bridgehead atoms. The van der Waals surface area contributed by atoms with E-state index in [-0.39, 0.29) is 17.2 Å². The van der Waals surface area contributed by atoms with Gasteiger partial charge >= 0.3 is 0 Å². The van der Waals surface area contributed by atoms with Crippen molar-refractivity contribution in [3.05, 3.63) is 59.7 Å². The van der Waals surface area contributed by atoms with Gasteiger partial charge in [0.2, 0.25) is 0 Å². The summed E-state index contributed by atoms with van der Waals surface area (Å²) in [5, 5.41) is 10.6. The van der Waals surface area contributed by atoms with E-state index in [4.69, 9.17) is 0 Å². The minimum Gasteiger partial charge on any atom is -0.373 e. The van der Waals surface area contributed by atoms with Gasteiger partial charge in [0.1, 0.15) is 6.23 Å². The zero-order valence-electron chi connectivity index (χ0n) is 11.8. The lowest BCUT2D eigenvalue weighted by Crippen LogP contribution is -2.46. The van der Waals surface area contributed by atoms with E-state index in [2.05, 4.69) is 13.0 Å². The molecule has 1 amide bonds. The Morgan fingerprint density at radius 3 is 2.80 bits per heavy atom. The van der Waals surface area contributed by atoms with Gasteiger partial charge in [-0.25, -0.2) is 0 Å². The molecule has 104 valence electrons. The summed E-state index contributed by atoms with van der Waals surface area (Å²) in [4.78, 5) is 14.0. The average Bonchev–Trinajstić information content (AvgIpc) is 2.58. The Morgan fingerprint density at radius 2 is 2.05 bits per heavy atom. The van der Waals surface area contributed by atoms with Crippen LogP contribution in [0.2, 0.25) is 0 Å². The normalized spacial score (nSPS) is 31.8. The number of rotatable bonds is 1. The molecule has 0 saturated heterocycles. The second-order valence-corrected chi connectivity index (χ2v) is 5.54. The standard InChI is InChI=1S/C17H19NO2/c1-3-17-11-7-6-10-14(17)16(20)18(2)15(19)12-8-4-5-9-13(12)17/h4-11,14,16,20H,3H2,1-2H3. The van der Waals surface area contributed by atoms with Crippen LogP contribution in [-0.4, -0.2) is 29.2 Å². The average molecular weight is 269 g/mol. The number of carbonyl (C=O) groups is 1. The van der Waals surface area contributed by atoms with E-state index in [1.807, 2.05) is 42.5 Å². The highest BCUT2D eigenvalue weighted by Crippen LogP contribution is 2.46. The summed E-state index contributed by atoms with van der Waals surface area (Å²) < 4.78 is 0. The number of aliphatic hydroxyl groups is 1. The summed E-state index contributed by atoms with van der Waals surface area (Å²) in [7, 11) is 1.67. The lowest BCUT2D eigenvalue weighted by molar-refractivity contribution is -0.0140. The molecule has 2 aliphatic rings. The molecule has 0 spiro atoms. The summed E-state index contributed by atoms with van der Waals surface area (Å²) in [6.07, 6.45) is 8.14. The van der Waals surface area contributed by atoms with E-state index in [1.54, 1.807) is 7.05 Å². The van der Waals surface area contributed by atoms with Crippen molar-refractivity contribution in [3.63, 3.8) is 0 Å². The van der Waals surface area contributed by atoms with Crippen molar-refractivity contribution in [1.29, 1.82) is 0 Å². The summed E-state index contributed by atoms with van der Waals surface area (Å²) in [5.41, 5.74) is 1.39. The van der Waals surface area contributed by atoms with Crippen LogP contribution in [0.25, 0.3) is 0 Å². The monoisotopic (exact) mass is 269 g/mol. The molecule has 20 heavy (non-hydrogen) atoms. The van der Waals surface area contributed by atoms with E-state index >= 15 is 0 Å². The predicted octanol–water partition coefficient (Wildman–Crippen LogP) is 2.48. The molecule has 1 N–H and O–H groups in total. The highest BCUT2D eigenvalue weighted by molar-refractivity contribution is 5.96. The molecule has 3 unspecified atom stereocenters. The van der Waals surface area contributed by atoms with Crippen molar-refractivity contribution < 1.29 is 9.90 Å². The van der Waals surface area contributed by atoms with Crippen molar-refractivity contribution in [1.82, 2.24) is 4.90 Å². The maximum absolute atomic E-state index is 12.6. The highest BCUT2D eigenvalue weighted by atomic mass is 16.3. The number of allylic oxidation sites excluding steroid dienone is 3. The number of hydrogen-bond acceptors (Lipinski definition) is 2. The first kappa shape index (κ1) is 13.1. The second-order valence-electron chi connectivity index (χ2n) is 5.54. The maximum Gasteiger partial charge on any atom is 0.255 e. The van der Waals surface area contributed by atoms with Crippen molar-refractivity contribution in [2.75, 3.05) is 7.05 Å². The van der Waals surface area contributed by atoms with Crippen LogP contribution in [0.5, 0.6) is 0 Å². The summed E-state index contributed by atoms with van der Waals surface area (Å²) in [5.74, 6) is -0.229. The molecule has 1 heterocycles. The number of fused-ring (bicyclic) bond motifs is 3. The number of hydrogen-bond donors (Lipinski definition) is 1. The van der Waals surface area contributed by atoms with Crippen LogP contribution < -0.4 is 0 Å². The van der Waals surface area contributed by atoms with Gasteiger partial charge < -0.3 is 10.0 Å². The van der Waals surface area contributed by atoms with E-state index in [0.717, 1.165) is 12.0 Å². The fourth-order valence-corrected chi connectivity index (χ4v) is 3.50. The van der Waals surface area contributed by atoms with Gasteiger partial charge in [0, 0.05) is 23.9 Å². The van der Waals surface area contributed by atoms with Crippen LogP contribution in [-0.2, 0) is 5.41 Å². The summed E-state index contributed by atoms with van der Waals surface area (Å²) >= 11 is 0. The molecule has 0 fully saturated rings. The third-order valence-corrected chi connectivity index (χ3v) is 4.70. The van der Waals surface area contributed by atoms with E-state index in [0.29, 0.717) is 5.56 Å². The first-order valence-electron chi connectivity index (χ1n) is 7.02. The number of carbonyl (C=O) groups excluding carboxylic acids is 1. The third kappa shape index (κ3) is 1.59. The smallest absolute Gasteiger partial charge is 0.255 e. The Kier molecular flexibility index (Phi) is 3.02. The molecule has 1 aromatic rings. The number of aliphatic hydroxyl groups excluding tert-OH is 1. The largest absolute Gasteiger partial charge is 0.373 e.